The summed E-state index contributed by atoms with van der Waals surface area (Å²) in [6, 6.07) is -0.706. The van der Waals surface area contributed by atoms with E-state index in [2.05, 4.69) is 51.2 Å². The topological polar surface area (TPSA) is 70.0 Å². The van der Waals surface area contributed by atoms with E-state index in [1.54, 1.807) is 11.8 Å². The Balaban J connectivity index is 0. The Hall–Kier alpha value is -0.386. The molecule has 1 radical (unpaired) electrons. The van der Waals surface area contributed by atoms with E-state index in [-0.39, 0.29) is 38.6 Å². The molecule has 0 fully saturated rings. The van der Waals surface area contributed by atoms with Crippen LogP contribution in [0.15, 0.2) is 34.9 Å². The predicted molar refractivity (Wildman–Crippen MR) is 110 cm³/mol. The molecule has 2 N–H and O–H groups in total. The Kier molecular flexibility index (Phi) is 17.9. The molecule has 1 atom stereocenters. The maximum atomic E-state index is 11.1. The third kappa shape index (κ3) is 17.0. The van der Waals surface area contributed by atoms with Gasteiger partial charge in [0.1, 0.15) is 0 Å². The first-order chi connectivity index (χ1) is 11.7. The van der Waals surface area contributed by atoms with Crippen molar-refractivity contribution >= 4 is 23.6 Å². The second-order valence-electron chi connectivity index (χ2n) is 6.61. The summed E-state index contributed by atoms with van der Waals surface area (Å²) in [6.07, 6.45) is 11.1. The molecule has 6 heteroatoms. The quantitative estimate of drug-likeness (QED) is 0.325. The number of rotatable bonds is 12. The molecule has 0 saturated carbocycles. The van der Waals surface area contributed by atoms with Crippen LogP contribution in [0, 0.1) is 0 Å². The second-order valence-corrected chi connectivity index (χ2v) is 7.69. The number of hydrogen-bond donors (Lipinski definition) is 1. The van der Waals surface area contributed by atoms with E-state index >= 15 is 0 Å². The molecule has 0 aromatic carbocycles. The minimum absolute atomic E-state index is 0. The first-order valence-electron chi connectivity index (χ1n) is 8.77. The van der Waals surface area contributed by atoms with Crippen molar-refractivity contribution in [3.05, 3.63) is 40.7 Å². The Morgan fingerprint density at radius 1 is 0.962 bits per heavy atom. The molecule has 145 valence electrons. The van der Waals surface area contributed by atoms with E-state index in [0.717, 1.165) is 31.4 Å². The number of carbonyl (C=O) groups excluding carboxylic acids is 2. The van der Waals surface area contributed by atoms with Crippen LogP contribution in [0.5, 0.6) is 0 Å². The van der Waals surface area contributed by atoms with E-state index in [0.29, 0.717) is 5.75 Å². The Morgan fingerprint density at radius 3 is 2.00 bits per heavy atom. The van der Waals surface area contributed by atoms with Gasteiger partial charge in [0.2, 0.25) is 5.91 Å². The zero-order chi connectivity index (χ0) is 19.2. The molecule has 0 heterocycles. The molecular weight excluding hydrogens is 421 g/mol. The van der Waals surface area contributed by atoms with Gasteiger partial charge in [-0.15, -0.1) is 0 Å². The van der Waals surface area contributed by atoms with Crippen LogP contribution in [0.25, 0.3) is 5.73 Å². The molecule has 0 saturated heterocycles. The summed E-state index contributed by atoms with van der Waals surface area (Å²) in [6.45, 7) is 9.93. The van der Waals surface area contributed by atoms with Gasteiger partial charge in [-0.3, -0.25) is 4.79 Å². The van der Waals surface area contributed by atoms with Crippen LogP contribution in [0.1, 0.15) is 60.3 Å². The third-order valence-electron chi connectivity index (χ3n) is 3.65. The van der Waals surface area contributed by atoms with Crippen molar-refractivity contribution in [2.45, 2.75) is 66.3 Å². The minimum Gasteiger partial charge on any atom is -0.666 e. The van der Waals surface area contributed by atoms with Gasteiger partial charge < -0.3 is 15.8 Å². The van der Waals surface area contributed by atoms with Crippen LogP contribution in [0.2, 0.25) is 0 Å². The summed E-state index contributed by atoms with van der Waals surface area (Å²) in [5.74, 6) is 0.217. The Morgan fingerprint density at radius 2 is 1.50 bits per heavy atom. The summed E-state index contributed by atoms with van der Waals surface area (Å²) < 4.78 is 0. The van der Waals surface area contributed by atoms with Gasteiger partial charge >= 0.3 is 0 Å². The molecular formula is C20H33N2O2SY-. The number of hydrogen-bond acceptors (Lipinski definition) is 3. The monoisotopic (exact) mass is 454 g/mol. The third-order valence-corrected chi connectivity index (χ3v) is 4.62. The van der Waals surface area contributed by atoms with Crippen LogP contribution in [-0.4, -0.2) is 29.4 Å². The van der Waals surface area contributed by atoms with Gasteiger partial charge in [-0.25, -0.2) is 0 Å². The van der Waals surface area contributed by atoms with Crippen LogP contribution in [0.4, 0.5) is 0 Å². The maximum Gasteiger partial charge on any atom is 0.217 e. The van der Waals surface area contributed by atoms with Crippen LogP contribution < -0.4 is 5.32 Å². The van der Waals surface area contributed by atoms with Gasteiger partial charge in [-0.1, -0.05) is 34.9 Å². The van der Waals surface area contributed by atoms with Crippen molar-refractivity contribution in [3.8, 4) is 0 Å². The second kappa shape index (κ2) is 16.8. The van der Waals surface area contributed by atoms with Crippen molar-refractivity contribution in [2.75, 3.05) is 11.5 Å². The molecule has 0 spiro atoms. The molecule has 2 amide bonds. The van der Waals surface area contributed by atoms with E-state index in [1.807, 2.05) is 0 Å². The fraction of sp³-hybridized carbons (Fsp3) is 0.600. The molecule has 4 nitrogen and oxygen atoms in total. The molecule has 0 bridgehead atoms. The first kappa shape index (κ1) is 27.8. The van der Waals surface area contributed by atoms with Gasteiger partial charge in [-0.2, -0.15) is 11.8 Å². The number of thioether (sulfide) groups is 1. The van der Waals surface area contributed by atoms with E-state index in [1.165, 1.54) is 23.6 Å². The van der Waals surface area contributed by atoms with Gasteiger partial charge in [0.05, 0.1) is 11.9 Å². The molecule has 26 heavy (non-hydrogen) atoms. The van der Waals surface area contributed by atoms with Crippen LogP contribution in [0.3, 0.4) is 0 Å². The minimum atomic E-state index is -0.739. The average molecular weight is 454 g/mol. The number of nitrogens with one attached hydrogen (secondary N) is 2. The van der Waals surface area contributed by atoms with Crippen molar-refractivity contribution in [1.29, 1.82) is 0 Å². The van der Waals surface area contributed by atoms with Gasteiger partial charge in [-0.05, 0) is 53.4 Å². The van der Waals surface area contributed by atoms with E-state index in [4.69, 9.17) is 5.73 Å². The average Bonchev–Trinajstić information content (AvgIpc) is 2.49. The molecule has 0 rings (SSSR count). The van der Waals surface area contributed by atoms with Gasteiger partial charge in [0.15, 0.2) is 0 Å². The molecule has 0 aliphatic rings. The number of allylic oxidation sites excluding steroid dienone is 5. The maximum absolute atomic E-state index is 11.1. The van der Waals surface area contributed by atoms with Gasteiger partial charge in [0, 0.05) is 51.1 Å². The largest absolute Gasteiger partial charge is 0.666 e. The molecule has 0 aromatic heterocycles. The fourth-order valence-corrected chi connectivity index (χ4v) is 3.16. The van der Waals surface area contributed by atoms with Crippen LogP contribution >= 0.6 is 11.8 Å². The first-order valence-corrected chi connectivity index (χ1v) is 9.92. The summed E-state index contributed by atoms with van der Waals surface area (Å²) in [4.78, 5) is 22.1. The summed E-state index contributed by atoms with van der Waals surface area (Å²) >= 11 is 1.56. The fourth-order valence-electron chi connectivity index (χ4n) is 2.15. The van der Waals surface area contributed by atoms with Crippen molar-refractivity contribution in [3.63, 3.8) is 0 Å². The van der Waals surface area contributed by atoms with E-state index in [9.17, 15) is 9.59 Å². The zero-order valence-corrected chi connectivity index (χ0v) is 20.5. The number of carbonyl (C=O) groups is 2. The normalized spacial score (nSPS) is 12.8. The standard InChI is InChI=1S/C20H34N2O2S.Y/c1-15(2)8-6-9-16(3)10-7-11-17(4)12-13-25-14-19(20(21)24)22-18(5)23;/h8,10,12,19H,6-7,9,11,13-14H2,1-5H3,(H3,21,22,23,24);/p-1/b16-10+,17-12+;. The Bertz CT molecular complexity index is 524. The SMILES string of the molecule is CC(=O)NC(CSC/C=C(\C)CC/C=C(\C)CCC=C(C)C)C([NH-])=O.[Y]. The van der Waals surface area contributed by atoms with Crippen molar-refractivity contribution in [1.82, 2.24) is 5.32 Å². The van der Waals surface area contributed by atoms with E-state index < -0.39 is 11.9 Å². The molecule has 0 aliphatic carbocycles. The number of amides is 2. The summed E-state index contributed by atoms with van der Waals surface area (Å²) in [5, 5.41) is 2.51. The summed E-state index contributed by atoms with van der Waals surface area (Å²) in [7, 11) is 0. The van der Waals surface area contributed by atoms with Crippen molar-refractivity contribution in [2.24, 2.45) is 0 Å². The smallest absolute Gasteiger partial charge is 0.217 e. The van der Waals surface area contributed by atoms with Crippen molar-refractivity contribution < 1.29 is 42.3 Å². The Labute approximate surface area is 188 Å². The molecule has 0 aliphatic heterocycles. The molecule has 1 unspecified atom stereocenters. The predicted octanol–water partition coefficient (Wildman–Crippen LogP) is 5.22. The van der Waals surface area contributed by atoms with Gasteiger partial charge in [0.25, 0.3) is 0 Å². The van der Waals surface area contributed by atoms with Crippen LogP contribution in [-0.2, 0) is 42.3 Å². The molecule has 0 aromatic rings. The summed E-state index contributed by atoms with van der Waals surface area (Å²) in [5.41, 5.74) is 11.3. The zero-order valence-electron chi connectivity index (χ0n) is 16.9.